The Morgan fingerprint density at radius 2 is 1.83 bits per heavy atom. The average Bonchev–Trinajstić information content (AvgIpc) is 3.24. The normalized spacial score (nSPS) is 15.1. The van der Waals surface area contributed by atoms with Crippen molar-refractivity contribution in [3.05, 3.63) is 65.7 Å². The van der Waals surface area contributed by atoms with Crippen molar-refractivity contribution in [3.63, 3.8) is 0 Å². The number of nitrogens with one attached hydrogen (secondary N) is 1. The van der Waals surface area contributed by atoms with Gasteiger partial charge in [-0.1, -0.05) is 71.1 Å². The largest absolute Gasteiger partial charge is 0.378 e. The van der Waals surface area contributed by atoms with E-state index in [4.69, 9.17) is 4.74 Å². The van der Waals surface area contributed by atoms with Crippen LogP contribution >= 0.6 is 23.1 Å². The summed E-state index contributed by atoms with van der Waals surface area (Å²) in [6.07, 6.45) is 0. The van der Waals surface area contributed by atoms with Crippen molar-refractivity contribution in [2.45, 2.75) is 16.5 Å². The number of anilines is 2. The van der Waals surface area contributed by atoms with E-state index < -0.39 is 5.25 Å². The molecule has 1 aromatic heterocycles. The zero-order valence-electron chi connectivity index (χ0n) is 16.1. The third-order valence-corrected chi connectivity index (χ3v) is 6.88. The second kappa shape index (κ2) is 9.39. The van der Waals surface area contributed by atoms with Crippen molar-refractivity contribution in [2.75, 3.05) is 36.5 Å². The minimum Gasteiger partial charge on any atom is -0.378 e. The van der Waals surface area contributed by atoms with Gasteiger partial charge in [0, 0.05) is 18.8 Å². The van der Waals surface area contributed by atoms with Crippen LogP contribution in [-0.4, -0.2) is 42.4 Å². The van der Waals surface area contributed by atoms with Gasteiger partial charge >= 0.3 is 0 Å². The van der Waals surface area contributed by atoms with E-state index in [1.165, 1.54) is 23.1 Å². The van der Waals surface area contributed by atoms with Gasteiger partial charge in [0.2, 0.25) is 11.0 Å². The fraction of sp³-hybridized carbons (Fsp3) is 0.286. The Balaban J connectivity index is 1.52. The van der Waals surface area contributed by atoms with Crippen LogP contribution in [0.4, 0.5) is 10.8 Å². The lowest BCUT2D eigenvalue weighted by Crippen LogP contribution is -2.36. The zero-order chi connectivity index (χ0) is 20.1. The molecule has 1 N–H and O–H groups in total. The number of nitrogens with zero attached hydrogens (tertiary/aromatic N) is 3. The van der Waals surface area contributed by atoms with Gasteiger partial charge in [-0.25, -0.2) is 0 Å². The summed E-state index contributed by atoms with van der Waals surface area (Å²) in [6, 6.07) is 17.6. The molecule has 3 aromatic rings. The standard InChI is InChI=1S/C21H22N4O2S2/c1-15-7-9-17(10-8-15)22-19(26)18(16-5-3-2-4-6-16)28-21-24-23-20(29-21)25-11-13-27-14-12-25/h2-10,18H,11-14H2,1H3,(H,22,26). The molecule has 1 atom stereocenters. The summed E-state index contributed by atoms with van der Waals surface area (Å²) in [5, 5.41) is 12.1. The smallest absolute Gasteiger partial charge is 0.242 e. The van der Waals surface area contributed by atoms with Crippen molar-refractivity contribution >= 4 is 39.8 Å². The van der Waals surface area contributed by atoms with E-state index in [1.54, 1.807) is 0 Å². The van der Waals surface area contributed by atoms with Crippen molar-refractivity contribution < 1.29 is 9.53 Å². The highest BCUT2D eigenvalue weighted by atomic mass is 32.2. The second-order valence-electron chi connectivity index (χ2n) is 6.71. The number of aromatic nitrogens is 2. The predicted molar refractivity (Wildman–Crippen MR) is 118 cm³/mol. The molecule has 1 saturated heterocycles. The zero-order valence-corrected chi connectivity index (χ0v) is 17.7. The Hall–Kier alpha value is -2.42. The van der Waals surface area contributed by atoms with Crippen LogP contribution < -0.4 is 10.2 Å². The Kier molecular flexibility index (Phi) is 6.43. The molecular weight excluding hydrogens is 404 g/mol. The summed E-state index contributed by atoms with van der Waals surface area (Å²) in [5.74, 6) is -0.0758. The first-order chi connectivity index (χ1) is 14.2. The first-order valence-electron chi connectivity index (χ1n) is 9.44. The number of carbonyl (C=O) groups is 1. The number of thioether (sulfide) groups is 1. The van der Waals surface area contributed by atoms with Crippen LogP contribution in [0.1, 0.15) is 16.4 Å². The third-order valence-electron chi connectivity index (χ3n) is 4.56. The van der Waals surface area contributed by atoms with Crippen LogP contribution in [0.15, 0.2) is 58.9 Å². The molecule has 1 fully saturated rings. The monoisotopic (exact) mass is 426 g/mol. The lowest BCUT2D eigenvalue weighted by atomic mass is 10.1. The molecule has 0 aliphatic carbocycles. The molecule has 2 aromatic carbocycles. The van der Waals surface area contributed by atoms with Crippen LogP contribution in [0.5, 0.6) is 0 Å². The molecule has 1 unspecified atom stereocenters. The lowest BCUT2D eigenvalue weighted by molar-refractivity contribution is -0.115. The van der Waals surface area contributed by atoms with E-state index >= 15 is 0 Å². The van der Waals surface area contributed by atoms with Crippen LogP contribution in [0.3, 0.4) is 0 Å². The van der Waals surface area contributed by atoms with Gasteiger partial charge in [0.15, 0.2) is 4.34 Å². The molecule has 2 heterocycles. The van der Waals surface area contributed by atoms with Gasteiger partial charge in [0.1, 0.15) is 5.25 Å². The number of carbonyl (C=O) groups excluding carboxylic acids is 1. The minimum atomic E-state index is -0.414. The summed E-state index contributed by atoms with van der Waals surface area (Å²) in [7, 11) is 0. The maximum absolute atomic E-state index is 13.1. The molecule has 0 saturated carbocycles. The molecular formula is C21H22N4O2S2. The fourth-order valence-corrected chi connectivity index (χ4v) is 5.06. The van der Waals surface area contributed by atoms with Gasteiger partial charge in [0.05, 0.1) is 13.2 Å². The quantitative estimate of drug-likeness (QED) is 0.597. The molecule has 8 heteroatoms. The SMILES string of the molecule is Cc1ccc(NC(=O)C(Sc2nnc(N3CCOCC3)s2)c2ccccc2)cc1. The van der Waals surface area contributed by atoms with Gasteiger partial charge in [-0.2, -0.15) is 0 Å². The number of amides is 1. The van der Waals surface area contributed by atoms with Crippen LogP contribution in [0, 0.1) is 6.92 Å². The molecule has 150 valence electrons. The Labute approximate surface area is 178 Å². The Bertz CT molecular complexity index is 941. The second-order valence-corrected chi connectivity index (χ2v) is 9.02. The highest BCUT2D eigenvalue weighted by Crippen LogP contribution is 2.39. The first kappa shape index (κ1) is 19.9. The topological polar surface area (TPSA) is 67.4 Å². The summed E-state index contributed by atoms with van der Waals surface area (Å²) in [4.78, 5) is 15.3. The van der Waals surface area contributed by atoms with Crippen LogP contribution in [0.25, 0.3) is 0 Å². The van der Waals surface area contributed by atoms with Gasteiger partial charge < -0.3 is 15.0 Å². The van der Waals surface area contributed by atoms with Gasteiger partial charge in [-0.3, -0.25) is 4.79 Å². The van der Waals surface area contributed by atoms with Gasteiger partial charge in [-0.15, -0.1) is 10.2 Å². The number of hydrogen-bond donors (Lipinski definition) is 1. The Morgan fingerprint density at radius 3 is 2.55 bits per heavy atom. The highest BCUT2D eigenvalue weighted by Gasteiger charge is 2.25. The third kappa shape index (κ3) is 5.14. The van der Waals surface area contributed by atoms with E-state index in [2.05, 4.69) is 20.4 Å². The van der Waals surface area contributed by atoms with E-state index in [0.717, 1.165) is 39.4 Å². The molecule has 0 bridgehead atoms. The average molecular weight is 427 g/mol. The molecule has 0 spiro atoms. The number of hydrogen-bond acceptors (Lipinski definition) is 7. The highest BCUT2D eigenvalue weighted by molar-refractivity contribution is 8.02. The number of morpholine rings is 1. The van der Waals surface area contributed by atoms with E-state index in [-0.39, 0.29) is 5.91 Å². The molecule has 6 nitrogen and oxygen atoms in total. The minimum absolute atomic E-state index is 0.0758. The molecule has 0 radical (unpaired) electrons. The molecule has 1 aliphatic rings. The predicted octanol–water partition coefficient (Wildman–Crippen LogP) is 4.16. The number of rotatable bonds is 6. The van der Waals surface area contributed by atoms with Crippen LogP contribution in [0.2, 0.25) is 0 Å². The summed E-state index contributed by atoms with van der Waals surface area (Å²) in [6.45, 7) is 5.06. The summed E-state index contributed by atoms with van der Waals surface area (Å²) < 4.78 is 6.18. The molecule has 4 rings (SSSR count). The molecule has 1 amide bonds. The van der Waals surface area contributed by atoms with Crippen LogP contribution in [-0.2, 0) is 9.53 Å². The maximum atomic E-state index is 13.1. The number of benzene rings is 2. The van der Waals surface area contributed by atoms with Gasteiger partial charge in [0.25, 0.3) is 0 Å². The molecule has 1 aliphatic heterocycles. The van der Waals surface area contributed by atoms with Crippen molar-refractivity contribution in [1.82, 2.24) is 10.2 Å². The van der Waals surface area contributed by atoms with E-state index in [1.807, 2.05) is 61.5 Å². The van der Waals surface area contributed by atoms with Crippen molar-refractivity contribution in [3.8, 4) is 0 Å². The number of aryl methyl sites for hydroxylation is 1. The van der Waals surface area contributed by atoms with Crippen molar-refractivity contribution in [2.24, 2.45) is 0 Å². The van der Waals surface area contributed by atoms with Gasteiger partial charge in [-0.05, 0) is 24.6 Å². The summed E-state index contributed by atoms with van der Waals surface area (Å²) >= 11 is 2.95. The number of ether oxygens (including phenoxy) is 1. The lowest BCUT2D eigenvalue weighted by Gasteiger charge is -2.25. The Morgan fingerprint density at radius 1 is 1.10 bits per heavy atom. The summed E-state index contributed by atoms with van der Waals surface area (Å²) in [5.41, 5.74) is 2.88. The fourth-order valence-electron chi connectivity index (χ4n) is 2.98. The van der Waals surface area contributed by atoms with Crippen molar-refractivity contribution in [1.29, 1.82) is 0 Å². The first-order valence-corrected chi connectivity index (χ1v) is 11.1. The van der Waals surface area contributed by atoms with E-state index in [9.17, 15) is 4.79 Å². The van der Waals surface area contributed by atoms with E-state index in [0.29, 0.717) is 13.2 Å². The maximum Gasteiger partial charge on any atom is 0.242 e. The molecule has 29 heavy (non-hydrogen) atoms.